The first-order valence-corrected chi connectivity index (χ1v) is 20.4. The Bertz CT molecular complexity index is 2070. The second-order valence-electron chi connectivity index (χ2n) is 13.9. The van der Waals surface area contributed by atoms with Gasteiger partial charge in [-0.3, -0.25) is 34.7 Å². The van der Waals surface area contributed by atoms with Gasteiger partial charge in [0.25, 0.3) is 11.8 Å². The highest BCUT2D eigenvalue weighted by Crippen LogP contribution is 2.31. The Morgan fingerprint density at radius 2 is 1.42 bits per heavy atom. The zero-order valence-electron chi connectivity index (χ0n) is 33.4. The van der Waals surface area contributed by atoms with Crippen LogP contribution in [0.5, 0.6) is 0 Å². The highest BCUT2D eigenvalue weighted by molar-refractivity contribution is 7.19. The Morgan fingerprint density at radius 3 is 2.08 bits per heavy atom. The highest BCUT2D eigenvalue weighted by Gasteiger charge is 2.22. The van der Waals surface area contributed by atoms with E-state index in [1.165, 1.54) is 38.8 Å². The van der Waals surface area contributed by atoms with E-state index >= 15 is 0 Å². The van der Waals surface area contributed by atoms with Crippen molar-refractivity contribution in [3.8, 4) is 0 Å². The number of amides is 3. The van der Waals surface area contributed by atoms with Crippen LogP contribution in [0.15, 0.2) is 48.5 Å². The van der Waals surface area contributed by atoms with E-state index in [9.17, 15) is 37.7 Å². The molecule has 4 rings (SSSR count). The molecule has 0 atom stereocenters. The number of hydrogen-bond acceptors (Lipinski definition) is 11. The third-order valence-electron chi connectivity index (χ3n) is 9.08. The molecule has 18 heteroatoms. The van der Waals surface area contributed by atoms with Crippen molar-refractivity contribution in [2.24, 2.45) is 0 Å². The van der Waals surface area contributed by atoms with E-state index < -0.39 is 39.9 Å². The van der Waals surface area contributed by atoms with E-state index in [2.05, 4.69) is 37.0 Å². The number of nitrogens with zero attached hydrogens (tertiary/aromatic N) is 2. The lowest BCUT2D eigenvalue weighted by Gasteiger charge is -2.14. The van der Waals surface area contributed by atoms with Crippen molar-refractivity contribution in [1.29, 1.82) is 0 Å². The number of hydrogen-bond donors (Lipinski definition) is 6. The van der Waals surface area contributed by atoms with Gasteiger partial charge in [-0.15, -0.1) is 0 Å². The topological polar surface area (TPSA) is 189 Å². The van der Waals surface area contributed by atoms with Crippen molar-refractivity contribution in [2.75, 3.05) is 47.5 Å². The number of nitro groups is 1. The fourth-order valence-electron chi connectivity index (χ4n) is 6.05. The van der Waals surface area contributed by atoms with Crippen LogP contribution < -0.4 is 32.1 Å². The van der Waals surface area contributed by atoms with E-state index in [1.54, 1.807) is 31.2 Å². The Kier molecular flexibility index (Phi) is 18.5. The molecule has 1 heterocycles. The molecule has 0 aliphatic carbocycles. The van der Waals surface area contributed by atoms with Crippen LogP contribution in [-0.2, 0) is 9.63 Å². The zero-order chi connectivity index (χ0) is 42.7. The second kappa shape index (κ2) is 23.7. The molecule has 0 spiro atoms. The first-order valence-electron chi connectivity index (χ1n) is 19.6. The lowest BCUT2D eigenvalue weighted by molar-refractivity contribution is -0.380. The molecule has 318 valence electrons. The summed E-state index contributed by atoms with van der Waals surface area (Å²) in [5.41, 5.74) is 3.56. The van der Waals surface area contributed by atoms with Gasteiger partial charge in [-0.2, -0.15) is 0 Å². The van der Waals surface area contributed by atoms with Gasteiger partial charge < -0.3 is 21.3 Å². The number of rotatable bonds is 25. The van der Waals surface area contributed by atoms with Gasteiger partial charge in [0.2, 0.25) is 5.91 Å². The number of hydroxylamine groups is 1. The number of thiazole rings is 1. The van der Waals surface area contributed by atoms with Crippen LogP contribution in [-0.4, -0.2) is 53.9 Å². The van der Waals surface area contributed by atoms with Crippen molar-refractivity contribution >= 4 is 61.9 Å². The van der Waals surface area contributed by atoms with Crippen LogP contribution in [0.2, 0.25) is 0 Å². The number of aromatic nitrogens is 1. The molecule has 0 saturated carbocycles. The quantitative estimate of drug-likeness (QED) is 0.0213. The van der Waals surface area contributed by atoms with Gasteiger partial charge in [-0.1, -0.05) is 51.0 Å². The maximum absolute atomic E-state index is 14.6. The Hall–Kier alpha value is -5.59. The molecule has 0 bridgehead atoms. The summed E-state index contributed by atoms with van der Waals surface area (Å²) in [6.45, 7) is 7.01. The number of unbranched alkanes of at least 4 members (excludes halogenated alkanes) is 8. The molecular formula is C41H51F3N8O6S. The summed E-state index contributed by atoms with van der Waals surface area (Å²) in [7, 11) is 0. The van der Waals surface area contributed by atoms with Crippen molar-refractivity contribution in [3.63, 3.8) is 0 Å². The number of aryl methyl sites for hydroxylation is 2. The van der Waals surface area contributed by atoms with E-state index in [-0.39, 0.29) is 45.2 Å². The second-order valence-corrected chi connectivity index (χ2v) is 14.9. The summed E-state index contributed by atoms with van der Waals surface area (Å²) in [6.07, 6.45) is 10.6. The normalized spacial score (nSPS) is 10.9. The van der Waals surface area contributed by atoms with Crippen molar-refractivity contribution in [1.82, 2.24) is 15.8 Å². The number of halogens is 3. The van der Waals surface area contributed by atoms with Crippen LogP contribution >= 0.6 is 11.3 Å². The number of anilines is 5. The number of carbonyl (C=O) groups excluding carboxylic acids is 3. The van der Waals surface area contributed by atoms with Crippen LogP contribution in [0.4, 0.5) is 46.1 Å². The van der Waals surface area contributed by atoms with Gasteiger partial charge in [0.15, 0.2) is 16.8 Å². The summed E-state index contributed by atoms with van der Waals surface area (Å²) in [4.78, 5) is 57.3. The fraction of sp³-hybridized carbons (Fsp3) is 0.415. The minimum Gasteiger partial charge on any atom is -0.385 e. The minimum absolute atomic E-state index is 0.0999. The van der Waals surface area contributed by atoms with Gasteiger partial charge in [0.1, 0.15) is 11.5 Å². The Labute approximate surface area is 345 Å². The lowest BCUT2D eigenvalue weighted by Crippen LogP contribution is -2.27. The Balaban J connectivity index is 1.00. The van der Waals surface area contributed by atoms with E-state index in [0.29, 0.717) is 24.2 Å². The van der Waals surface area contributed by atoms with Gasteiger partial charge in [-0.25, -0.2) is 23.6 Å². The number of nitrogens with one attached hydrogen (secondary N) is 6. The molecule has 0 unspecified atom stereocenters. The summed E-state index contributed by atoms with van der Waals surface area (Å²) in [5, 5.41) is 25.5. The Morgan fingerprint density at radius 1 is 0.763 bits per heavy atom. The average Bonchev–Trinajstić information content (AvgIpc) is 3.56. The van der Waals surface area contributed by atoms with Crippen LogP contribution in [0.1, 0.15) is 103 Å². The van der Waals surface area contributed by atoms with Gasteiger partial charge >= 0.3 is 5.00 Å². The maximum Gasteiger partial charge on any atom is 0.348 e. The monoisotopic (exact) mass is 840 g/mol. The van der Waals surface area contributed by atoms with Crippen LogP contribution in [0, 0.1) is 41.4 Å². The van der Waals surface area contributed by atoms with E-state index in [0.717, 1.165) is 87.2 Å². The molecule has 0 aliphatic heterocycles. The molecule has 0 aliphatic rings. The average molecular weight is 841 g/mol. The van der Waals surface area contributed by atoms with Gasteiger partial charge in [0.05, 0.1) is 39.7 Å². The predicted molar refractivity (Wildman–Crippen MR) is 224 cm³/mol. The number of benzene rings is 3. The van der Waals surface area contributed by atoms with Crippen molar-refractivity contribution in [3.05, 3.63) is 98.5 Å². The molecule has 3 aromatic carbocycles. The van der Waals surface area contributed by atoms with E-state index in [1.807, 2.05) is 0 Å². The summed E-state index contributed by atoms with van der Waals surface area (Å²) in [5.74, 6) is -4.83. The third kappa shape index (κ3) is 14.9. The zero-order valence-corrected chi connectivity index (χ0v) is 34.2. The molecule has 1 aromatic heterocycles. The smallest absolute Gasteiger partial charge is 0.348 e. The first kappa shape index (κ1) is 46.1. The van der Waals surface area contributed by atoms with Crippen LogP contribution in [0.25, 0.3) is 0 Å². The third-order valence-corrected chi connectivity index (χ3v) is 10.1. The molecule has 59 heavy (non-hydrogen) atoms. The van der Waals surface area contributed by atoms with E-state index in [4.69, 9.17) is 4.84 Å². The summed E-state index contributed by atoms with van der Waals surface area (Å²) in [6, 6.07) is 11.2. The largest absolute Gasteiger partial charge is 0.385 e. The van der Waals surface area contributed by atoms with Crippen LogP contribution in [0.3, 0.4) is 0 Å². The molecule has 0 radical (unpaired) electrons. The minimum atomic E-state index is -1.31. The molecular weight excluding hydrogens is 790 g/mol. The lowest BCUT2D eigenvalue weighted by atomic mass is 10.1. The van der Waals surface area contributed by atoms with Gasteiger partial charge in [0, 0.05) is 19.2 Å². The highest BCUT2D eigenvalue weighted by atomic mass is 32.1. The maximum atomic E-state index is 14.6. The molecule has 0 fully saturated rings. The van der Waals surface area contributed by atoms with Gasteiger partial charge in [-0.05, 0) is 106 Å². The summed E-state index contributed by atoms with van der Waals surface area (Å²) < 4.78 is 42.9. The molecule has 0 saturated heterocycles. The molecule has 3 amide bonds. The SMILES string of the molecule is CC(=O)Nc1cc(NCCCCCCCCCCCNCCCONC(=O)c2ccc(F)c(F)c2Nc2ccc(C)cc2F)ccc1C(=O)Nc1nc(C)c([N+](=O)[O-])s1. The molecule has 6 N–H and O–H groups in total. The van der Waals surface area contributed by atoms with Crippen molar-refractivity contribution in [2.45, 2.75) is 85.0 Å². The fourth-order valence-corrected chi connectivity index (χ4v) is 6.83. The van der Waals surface area contributed by atoms with Crippen molar-refractivity contribution < 1.29 is 37.3 Å². The number of carbonyl (C=O) groups is 3. The molecule has 4 aromatic rings. The molecule has 14 nitrogen and oxygen atoms in total. The predicted octanol–water partition coefficient (Wildman–Crippen LogP) is 9.30. The first-order chi connectivity index (χ1) is 28.3. The standard InChI is InChI=1S/C41H51F3N8O6S/c1-26-14-19-34(33(43)24-26)49-37-31(17-18-32(42)36(37)44)39(55)51-58-23-13-21-45-20-11-9-7-5-4-6-8-10-12-22-46-29-15-16-30(35(25-29)48-28(3)53)38(54)50-41-47-27(2)40(59-41)52(56)57/h14-19,24-25,45-46,49H,4-13,20-23H2,1-3H3,(H,48,53)(H,51,55)(H,47,50,54). The summed E-state index contributed by atoms with van der Waals surface area (Å²) >= 11 is 0.768.